The summed E-state index contributed by atoms with van der Waals surface area (Å²) in [5.74, 6) is 0.631. The molecule has 0 amide bonds. The summed E-state index contributed by atoms with van der Waals surface area (Å²) in [5.41, 5.74) is 0. The minimum atomic E-state index is -0.213. The lowest BCUT2D eigenvalue weighted by Gasteiger charge is -2.13. The van der Waals surface area contributed by atoms with Gasteiger partial charge in [0, 0.05) is 6.61 Å². The SMILES string of the molecule is CCOC1CC(C)CC1O. The van der Waals surface area contributed by atoms with Gasteiger partial charge >= 0.3 is 0 Å². The van der Waals surface area contributed by atoms with E-state index in [0.717, 1.165) is 12.8 Å². The van der Waals surface area contributed by atoms with Gasteiger partial charge in [0.05, 0.1) is 12.2 Å². The lowest BCUT2D eigenvalue weighted by molar-refractivity contribution is -0.0130. The number of hydrogen-bond donors (Lipinski definition) is 1. The molecule has 1 rings (SSSR count). The van der Waals surface area contributed by atoms with Gasteiger partial charge in [0.1, 0.15) is 0 Å². The Kier molecular flexibility index (Phi) is 2.69. The van der Waals surface area contributed by atoms with Crippen LogP contribution in [0.2, 0.25) is 0 Å². The van der Waals surface area contributed by atoms with Crippen LogP contribution in [-0.4, -0.2) is 23.9 Å². The molecule has 0 bridgehead atoms. The first-order valence-corrected chi connectivity index (χ1v) is 4.03. The van der Waals surface area contributed by atoms with E-state index < -0.39 is 0 Å². The number of aliphatic hydroxyl groups excluding tert-OH is 1. The molecule has 2 heteroatoms. The number of hydrogen-bond acceptors (Lipinski definition) is 2. The summed E-state index contributed by atoms with van der Waals surface area (Å²) < 4.78 is 5.34. The normalized spacial score (nSPS) is 40.5. The monoisotopic (exact) mass is 144 g/mol. The van der Waals surface area contributed by atoms with Gasteiger partial charge in [-0.2, -0.15) is 0 Å². The molecule has 2 nitrogen and oxygen atoms in total. The highest BCUT2D eigenvalue weighted by Gasteiger charge is 2.30. The van der Waals surface area contributed by atoms with Crippen molar-refractivity contribution in [2.75, 3.05) is 6.61 Å². The Labute approximate surface area is 62.2 Å². The van der Waals surface area contributed by atoms with E-state index in [0.29, 0.717) is 12.5 Å². The second-order valence-electron chi connectivity index (χ2n) is 3.14. The van der Waals surface area contributed by atoms with E-state index in [1.807, 2.05) is 6.92 Å². The molecule has 1 aliphatic rings. The largest absolute Gasteiger partial charge is 0.390 e. The van der Waals surface area contributed by atoms with E-state index in [1.54, 1.807) is 0 Å². The molecule has 3 atom stereocenters. The van der Waals surface area contributed by atoms with Gasteiger partial charge in [0.15, 0.2) is 0 Å². The highest BCUT2D eigenvalue weighted by molar-refractivity contribution is 4.81. The average Bonchev–Trinajstić information content (AvgIpc) is 2.13. The zero-order valence-corrected chi connectivity index (χ0v) is 6.71. The Balaban J connectivity index is 2.31. The lowest BCUT2D eigenvalue weighted by atomic mass is 10.1. The van der Waals surface area contributed by atoms with E-state index in [2.05, 4.69) is 6.92 Å². The molecule has 10 heavy (non-hydrogen) atoms. The van der Waals surface area contributed by atoms with Crippen molar-refractivity contribution in [1.29, 1.82) is 0 Å². The Bertz CT molecular complexity index is 103. The van der Waals surface area contributed by atoms with Crippen LogP contribution in [0, 0.1) is 5.92 Å². The van der Waals surface area contributed by atoms with Crippen LogP contribution in [0.5, 0.6) is 0 Å². The third-order valence-corrected chi connectivity index (χ3v) is 2.09. The third-order valence-electron chi connectivity index (χ3n) is 2.09. The quantitative estimate of drug-likeness (QED) is 0.630. The number of rotatable bonds is 2. The molecular weight excluding hydrogens is 128 g/mol. The third kappa shape index (κ3) is 1.70. The molecule has 0 spiro atoms. The molecule has 0 saturated heterocycles. The van der Waals surface area contributed by atoms with Crippen molar-refractivity contribution in [2.45, 2.75) is 38.9 Å². The molecule has 1 N–H and O–H groups in total. The van der Waals surface area contributed by atoms with E-state index in [4.69, 9.17) is 4.74 Å². The van der Waals surface area contributed by atoms with Crippen molar-refractivity contribution in [3.8, 4) is 0 Å². The first kappa shape index (κ1) is 8.02. The average molecular weight is 144 g/mol. The first-order valence-electron chi connectivity index (χ1n) is 4.03. The van der Waals surface area contributed by atoms with Crippen LogP contribution in [0.1, 0.15) is 26.7 Å². The molecule has 1 aliphatic carbocycles. The van der Waals surface area contributed by atoms with Crippen molar-refractivity contribution in [3.05, 3.63) is 0 Å². The van der Waals surface area contributed by atoms with Crippen molar-refractivity contribution >= 4 is 0 Å². The molecule has 0 aliphatic heterocycles. The zero-order chi connectivity index (χ0) is 7.56. The van der Waals surface area contributed by atoms with Crippen molar-refractivity contribution in [3.63, 3.8) is 0 Å². The van der Waals surface area contributed by atoms with Crippen molar-refractivity contribution in [1.82, 2.24) is 0 Å². The minimum Gasteiger partial charge on any atom is -0.390 e. The predicted octanol–water partition coefficient (Wildman–Crippen LogP) is 1.18. The smallest absolute Gasteiger partial charge is 0.0836 e. The topological polar surface area (TPSA) is 29.5 Å². The summed E-state index contributed by atoms with van der Waals surface area (Å²) >= 11 is 0. The molecule has 0 aromatic rings. The lowest BCUT2D eigenvalue weighted by Crippen LogP contribution is -2.22. The predicted molar refractivity (Wildman–Crippen MR) is 39.8 cm³/mol. The molecule has 0 radical (unpaired) electrons. The van der Waals surface area contributed by atoms with Crippen LogP contribution in [0.4, 0.5) is 0 Å². The maximum absolute atomic E-state index is 9.37. The molecule has 0 heterocycles. The Morgan fingerprint density at radius 1 is 1.50 bits per heavy atom. The highest BCUT2D eigenvalue weighted by atomic mass is 16.5. The standard InChI is InChI=1S/C8H16O2/c1-3-10-8-5-6(2)4-7(8)9/h6-9H,3-5H2,1-2H3. The second-order valence-corrected chi connectivity index (χ2v) is 3.14. The fraction of sp³-hybridized carbons (Fsp3) is 1.00. The highest BCUT2D eigenvalue weighted by Crippen LogP contribution is 2.27. The Hall–Kier alpha value is -0.0800. The van der Waals surface area contributed by atoms with Crippen molar-refractivity contribution < 1.29 is 9.84 Å². The maximum atomic E-state index is 9.37. The fourth-order valence-electron chi connectivity index (χ4n) is 1.61. The van der Waals surface area contributed by atoms with Gasteiger partial charge < -0.3 is 9.84 Å². The van der Waals surface area contributed by atoms with E-state index in [-0.39, 0.29) is 12.2 Å². The summed E-state index contributed by atoms with van der Waals surface area (Å²) in [7, 11) is 0. The van der Waals surface area contributed by atoms with Gasteiger partial charge in [-0.25, -0.2) is 0 Å². The van der Waals surface area contributed by atoms with Gasteiger partial charge in [-0.1, -0.05) is 6.92 Å². The summed E-state index contributed by atoms with van der Waals surface area (Å²) in [6.07, 6.45) is 1.83. The van der Waals surface area contributed by atoms with E-state index >= 15 is 0 Å². The van der Waals surface area contributed by atoms with Gasteiger partial charge in [0.25, 0.3) is 0 Å². The summed E-state index contributed by atoms with van der Waals surface area (Å²) in [4.78, 5) is 0. The van der Waals surface area contributed by atoms with Crippen LogP contribution in [0.15, 0.2) is 0 Å². The van der Waals surface area contributed by atoms with Gasteiger partial charge in [-0.3, -0.25) is 0 Å². The van der Waals surface area contributed by atoms with Gasteiger partial charge in [-0.15, -0.1) is 0 Å². The summed E-state index contributed by atoms with van der Waals surface area (Å²) in [6, 6.07) is 0. The van der Waals surface area contributed by atoms with E-state index in [1.165, 1.54) is 0 Å². The molecule has 0 aromatic heterocycles. The Morgan fingerprint density at radius 3 is 2.60 bits per heavy atom. The first-order chi connectivity index (χ1) is 4.74. The van der Waals surface area contributed by atoms with Gasteiger partial charge in [-0.05, 0) is 25.7 Å². The Morgan fingerprint density at radius 2 is 2.20 bits per heavy atom. The molecule has 1 saturated carbocycles. The summed E-state index contributed by atoms with van der Waals surface area (Å²) in [6.45, 7) is 4.84. The number of ether oxygens (including phenoxy) is 1. The molecule has 60 valence electrons. The fourth-order valence-corrected chi connectivity index (χ4v) is 1.61. The van der Waals surface area contributed by atoms with Crippen LogP contribution in [0.3, 0.4) is 0 Å². The molecular formula is C8H16O2. The minimum absolute atomic E-state index is 0.111. The zero-order valence-electron chi connectivity index (χ0n) is 6.71. The number of aliphatic hydroxyl groups is 1. The van der Waals surface area contributed by atoms with Gasteiger partial charge in [0.2, 0.25) is 0 Å². The maximum Gasteiger partial charge on any atom is 0.0836 e. The summed E-state index contributed by atoms with van der Waals surface area (Å²) in [5, 5.41) is 9.37. The molecule has 3 unspecified atom stereocenters. The molecule has 1 fully saturated rings. The van der Waals surface area contributed by atoms with E-state index in [9.17, 15) is 5.11 Å². The van der Waals surface area contributed by atoms with Crippen molar-refractivity contribution in [2.24, 2.45) is 5.92 Å². The second kappa shape index (κ2) is 3.35. The molecule has 0 aromatic carbocycles. The van der Waals surface area contributed by atoms with Crippen LogP contribution < -0.4 is 0 Å². The van der Waals surface area contributed by atoms with Crippen LogP contribution in [0.25, 0.3) is 0 Å². The van der Waals surface area contributed by atoms with Crippen LogP contribution >= 0.6 is 0 Å². The van der Waals surface area contributed by atoms with Crippen LogP contribution in [-0.2, 0) is 4.74 Å².